The topological polar surface area (TPSA) is 36.7 Å². The highest BCUT2D eigenvalue weighted by molar-refractivity contribution is 6.30. The van der Waals surface area contributed by atoms with Crippen molar-refractivity contribution in [1.29, 1.82) is 5.26 Å². The van der Waals surface area contributed by atoms with E-state index in [-0.39, 0.29) is 0 Å². The average molecular weight is 229 g/mol. The van der Waals surface area contributed by atoms with E-state index in [0.29, 0.717) is 16.3 Å². The van der Waals surface area contributed by atoms with Gasteiger partial charge >= 0.3 is 0 Å². The molecule has 1 heterocycles. The van der Waals surface area contributed by atoms with Gasteiger partial charge < -0.3 is 0 Å². The van der Waals surface area contributed by atoms with Crippen molar-refractivity contribution < 1.29 is 0 Å². The fourth-order valence-corrected chi connectivity index (χ4v) is 1.60. The van der Waals surface area contributed by atoms with Crippen LogP contribution in [0.4, 0.5) is 0 Å². The first-order valence-corrected chi connectivity index (χ1v) is 5.22. The van der Waals surface area contributed by atoms with Gasteiger partial charge in [0.15, 0.2) is 0 Å². The fourth-order valence-electron chi connectivity index (χ4n) is 1.47. The van der Waals surface area contributed by atoms with Crippen molar-refractivity contribution >= 4 is 11.6 Å². The number of pyridine rings is 1. The van der Waals surface area contributed by atoms with E-state index < -0.39 is 0 Å². The molecule has 0 fully saturated rings. The molecule has 0 aliphatic rings. The molecule has 1 aromatic heterocycles. The Morgan fingerprint density at radius 1 is 1.12 bits per heavy atom. The van der Waals surface area contributed by atoms with Crippen LogP contribution in [0.25, 0.3) is 11.3 Å². The number of rotatable bonds is 1. The summed E-state index contributed by atoms with van der Waals surface area (Å²) in [5.74, 6) is 0. The molecule has 2 rings (SSSR count). The first-order valence-electron chi connectivity index (χ1n) is 4.84. The van der Waals surface area contributed by atoms with Gasteiger partial charge in [0.1, 0.15) is 6.07 Å². The molecule has 0 spiro atoms. The third-order valence-corrected chi connectivity index (χ3v) is 2.52. The zero-order valence-corrected chi connectivity index (χ0v) is 9.49. The van der Waals surface area contributed by atoms with Crippen molar-refractivity contribution in [1.82, 2.24) is 4.98 Å². The molecule has 2 nitrogen and oxygen atoms in total. The quantitative estimate of drug-likeness (QED) is 0.748. The SMILES string of the molecule is Cc1ccc(C#N)c(-c2ccc(Cl)cc2)n1. The Kier molecular flexibility index (Phi) is 2.89. The van der Waals surface area contributed by atoms with Crippen LogP contribution in [-0.2, 0) is 0 Å². The van der Waals surface area contributed by atoms with E-state index in [1.165, 1.54) is 0 Å². The fraction of sp³-hybridized carbons (Fsp3) is 0.0769. The highest BCUT2D eigenvalue weighted by atomic mass is 35.5. The minimum Gasteiger partial charge on any atom is -0.252 e. The Balaban J connectivity index is 2.59. The van der Waals surface area contributed by atoms with Crippen LogP contribution in [-0.4, -0.2) is 4.98 Å². The van der Waals surface area contributed by atoms with Crippen LogP contribution in [0.5, 0.6) is 0 Å². The first-order chi connectivity index (χ1) is 7.70. The van der Waals surface area contributed by atoms with Crippen molar-refractivity contribution in [2.75, 3.05) is 0 Å². The Bertz CT molecular complexity index is 553. The maximum absolute atomic E-state index is 9.01. The molecule has 0 N–H and O–H groups in total. The van der Waals surface area contributed by atoms with E-state index in [0.717, 1.165) is 11.3 Å². The van der Waals surface area contributed by atoms with Crippen molar-refractivity contribution in [3.05, 3.63) is 52.7 Å². The van der Waals surface area contributed by atoms with E-state index in [1.807, 2.05) is 25.1 Å². The number of aromatic nitrogens is 1. The second-order valence-electron chi connectivity index (χ2n) is 3.47. The molecular formula is C13H9ClN2. The molecule has 2 aromatic rings. The number of nitriles is 1. The Hall–Kier alpha value is -1.85. The van der Waals surface area contributed by atoms with Gasteiger partial charge in [-0.15, -0.1) is 0 Å². The number of aryl methyl sites for hydroxylation is 1. The minimum absolute atomic E-state index is 0.577. The molecule has 0 saturated carbocycles. The molecule has 0 saturated heterocycles. The summed E-state index contributed by atoms with van der Waals surface area (Å²) in [7, 11) is 0. The minimum atomic E-state index is 0.577. The van der Waals surface area contributed by atoms with Gasteiger partial charge in [0, 0.05) is 16.3 Å². The van der Waals surface area contributed by atoms with Crippen molar-refractivity contribution in [2.45, 2.75) is 6.92 Å². The van der Waals surface area contributed by atoms with Crippen LogP contribution < -0.4 is 0 Å². The molecule has 0 aliphatic carbocycles. The molecule has 78 valence electrons. The summed E-state index contributed by atoms with van der Waals surface area (Å²) in [5, 5.41) is 9.69. The lowest BCUT2D eigenvalue weighted by Gasteiger charge is -2.04. The summed E-state index contributed by atoms with van der Waals surface area (Å²) in [5.41, 5.74) is 3.08. The standard InChI is InChI=1S/C13H9ClN2/c1-9-2-3-11(8-15)13(16-9)10-4-6-12(14)7-5-10/h2-7H,1H3. The third-order valence-electron chi connectivity index (χ3n) is 2.27. The molecule has 3 heteroatoms. The maximum atomic E-state index is 9.01. The van der Waals surface area contributed by atoms with E-state index in [4.69, 9.17) is 16.9 Å². The molecule has 0 radical (unpaired) electrons. The van der Waals surface area contributed by atoms with Gasteiger partial charge in [-0.3, -0.25) is 4.98 Å². The van der Waals surface area contributed by atoms with Crippen LogP contribution >= 0.6 is 11.6 Å². The number of hydrogen-bond acceptors (Lipinski definition) is 2. The predicted molar refractivity (Wildman–Crippen MR) is 64.1 cm³/mol. The lowest BCUT2D eigenvalue weighted by molar-refractivity contribution is 1.19. The number of benzene rings is 1. The van der Waals surface area contributed by atoms with E-state index in [2.05, 4.69) is 11.1 Å². The van der Waals surface area contributed by atoms with E-state index >= 15 is 0 Å². The third kappa shape index (κ3) is 2.05. The zero-order valence-electron chi connectivity index (χ0n) is 8.74. The molecule has 0 bridgehead atoms. The number of nitrogens with zero attached hydrogens (tertiary/aromatic N) is 2. The zero-order chi connectivity index (χ0) is 11.5. The van der Waals surface area contributed by atoms with Crippen LogP contribution in [0, 0.1) is 18.3 Å². The molecule has 1 aromatic carbocycles. The molecule has 16 heavy (non-hydrogen) atoms. The highest BCUT2D eigenvalue weighted by Gasteiger charge is 2.06. The van der Waals surface area contributed by atoms with Gasteiger partial charge in [-0.05, 0) is 31.2 Å². The van der Waals surface area contributed by atoms with Crippen LogP contribution in [0.2, 0.25) is 5.02 Å². The molecule has 0 aliphatic heterocycles. The molecule has 0 unspecified atom stereocenters. The monoisotopic (exact) mass is 228 g/mol. The number of halogens is 1. The average Bonchev–Trinajstić information content (AvgIpc) is 2.30. The van der Waals surface area contributed by atoms with Crippen LogP contribution in [0.15, 0.2) is 36.4 Å². The smallest absolute Gasteiger partial charge is 0.101 e. The summed E-state index contributed by atoms with van der Waals surface area (Å²) < 4.78 is 0. The van der Waals surface area contributed by atoms with Gasteiger partial charge in [-0.25, -0.2) is 0 Å². The van der Waals surface area contributed by atoms with Crippen molar-refractivity contribution in [3.8, 4) is 17.3 Å². The number of hydrogen-bond donors (Lipinski definition) is 0. The second kappa shape index (κ2) is 4.34. The summed E-state index contributed by atoms with van der Waals surface area (Å²) in [6, 6.07) is 13.1. The lowest BCUT2D eigenvalue weighted by atomic mass is 10.1. The van der Waals surface area contributed by atoms with Gasteiger partial charge in [-0.2, -0.15) is 5.26 Å². The summed E-state index contributed by atoms with van der Waals surface area (Å²) in [6.45, 7) is 1.90. The van der Waals surface area contributed by atoms with Gasteiger partial charge in [-0.1, -0.05) is 23.7 Å². The Morgan fingerprint density at radius 2 is 1.81 bits per heavy atom. The summed E-state index contributed by atoms with van der Waals surface area (Å²) in [6.07, 6.45) is 0. The lowest BCUT2D eigenvalue weighted by Crippen LogP contribution is -1.91. The first kappa shape index (κ1) is 10.7. The van der Waals surface area contributed by atoms with Gasteiger partial charge in [0.2, 0.25) is 0 Å². The molecule has 0 atom stereocenters. The van der Waals surface area contributed by atoms with E-state index in [9.17, 15) is 0 Å². The Labute approximate surface area is 99.1 Å². The second-order valence-corrected chi connectivity index (χ2v) is 3.90. The normalized spacial score (nSPS) is 9.81. The van der Waals surface area contributed by atoms with Crippen LogP contribution in [0.3, 0.4) is 0 Å². The summed E-state index contributed by atoms with van der Waals surface area (Å²) in [4.78, 5) is 4.38. The summed E-state index contributed by atoms with van der Waals surface area (Å²) >= 11 is 5.82. The molecule has 0 amide bonds. The Morgan fingerprint density at radius 3 is 2.44 bits per heavy atom. The largest absolute Gasteiger partial charge is 0.252 e. The molecular weight excluding hydrogens is 220 g/mol. The predicted octanol–water partition coefficient (Wildman–Crippen LogP) is 3.58. The van der Waals surface area contributed by atoms with Crippen molar-refractivity contribution in [3.63, 3.8) is 0 Å². The van der Waals surface area contributed by atoms with Gasteiger partial charge in [0.25, 0.3) is 0 Å². The van der Waals surface area contributed by atoms with E-state index in [1.54, 1.807) is 18.2 Å². The van der Waals surface area contributed by atoms with Crippen LogP contribution in [0.1, 0.15) is 11.3 Å². The highest BCUT2D eigenvalue weighted by Crippen LogP contribution is 2.23. The van der Waals surface area contributed by atoms with Gasteiger partial charge in [0.05, 0.1) is 11.3 Å². The maximum Gasteiger partial charge on any atom is 0.101 e. The van der Waals surface area contributed by atoms with Crippen molar-refractivity contribution in [2.24, 2.45) is 0 Å².